The Morgan fingerprint density at radius 2 is 0.744 bits per heavy atom. The Morgan fingerprint density at radius 3 is 1.13 bits per heavy atom. The molecule has 0 radical (unpaired) electrons. The maximum absolute atomic E-state index is 6.42. The number of nitrogens with zero attached hydrogens (tertiary/aromatic N) is 2. The Kier molecular flexibility index (Phi) is 8.88. The van der Waals surface area contributed by atoms with Gasteiger partial charge in [-0.1, -0.05) is 91.0 Å². The molecule has 0 N–H and O–H groups in total. The summed E-state index contributed by atoms with van der Waals surface area (Å²) in [5, 5.41) is 0. The molecule has 0 aliphatic heterocycles. The van der Waals surface area contributed by atoms with E-state index in [2.05, 4.69) is 4.91 Å². The van der Waals surface area contributed by atoms with Gasteiger partial charge in [0.1, 0.15) is 11.5 Å². The van der Waals surface area contributed by atoms with Crippen molar-refractivity contribution >= 4 is 15.8 Å². The van der Waals surface area contributed by atoms with Gasteiger partial charge in [0, 0.05) is 4.91 Å². The minimum absolute atomic E-state index is 0.500. The predicted octanol–water partition coefficient (Wildman–Crippen LogP) is 9.74. The van der Waals surface area contributed by atoms with Gasteiger partial charge in [0.2, 0.25) is 0 Å². The Labute approximate surface area is 228 Å². The van der Waals surface area contributed by atoms with E-state index in [9.17, 15) is 0 Å². The Hall–Kier alpha value is -4.57. The van der Waals surface area contributed by atoms with Gasteiger partial charge in [-0.15, -0.1) is 0 Å². The third kappa shape index (κ3) is 7.96. The van der Waals surface area contributed by atoms with E-state index in [1.54, 1.807) is 36.4 Å². The Bertz CT molecular complexity index is 1430. The zero-order chi connectivity index (χ0) is 26.6. The average molecular weight is 555 g/mol. The zero-order valence-electron chi connectivity index (χ0n) is 20.8. The first-order valence-corrected chi connectivity index (χ1v) is 14.7. The van der Waals surface area contributed by atoms with Gasteiger partial charge in [-0.25, -0.2) is 9.05 Å². The highest BCUT2D eigenvalue weighted by atomic mass is 31.2. The first-order valence-electron chi connectivity index (χ1n) is 12.1. The predicted molar refractivity (Wildman–Crippen MR) is 154 cm³/mol. The fourth-order valence-corrected chi connectivity index (χ4v) is 6.40. The lowest BCUT2D eigenvalue weighted by molar-refractivity contribution is 0.324. The maximum atomic E-state index is 6.42. The molecule has 5 aromatic carbocycles. The molecule has 7 nitrogen and oxygen atoms in total. The van der Waals surface area contributed by atoms with E-state index in [4.69, 9.17) is 27.4 Å². The molecule has 0 atom stereocenters. The van der Waals surface area contributed by atoms with Crippen LogP contribution in [0.5, 0.6) is 28.7 Å². The molecule has 0 aromatic heterocycles. The maximum Gasteiger partial charge on any atom is 0.680 e. The number of rotatable bonds is 11. The molecular weight excluding hydrogens is 530 g/mol. The first kappa shape index (κ1) is 26.1. The Morgan fingerprint density at radius 1 is 0.410 bits per heavy atom. The van der Waals surface area contributed by atoms with Gasteiger partial charge in [-0.05, 0) is 60.7 Å². The minimum Gasteiger partial charge on any atom is -0.410 e. The van der Waals surface area contributed by atoms with Crippen molar-refractivity contribution in [1.82, 2.24) is 0 Å². The van der Waals surface area contributed by atoms with Crippen LogP contribution in [0.1, 0.15) is 0 Å². The molecular formula is C30H25N2O5P2+. The van der Waals surface area contributed by atoms with E-state index in [1.165, 1.54) is 0 Å². The second-order valence-corrected chi connectivity index (χ2v) is 11.0. The van der Waals surface area contributed by atoms with Gasteiger partial charge < -0.3 is 13.9 Å². The van der Waals surface area contributed by atoms with Crippen molar-refractivity contribution < 1.29 is 22.9 Å². The van der Waals surface area contributed by atoms with Crippen LogP contribution in [0.2, 0.25) is 0 Å². The highest BCUT2D eigenvalue weighted by molar-refractivity contribution is 7.61. The summed E-state index contributed by atoms with van der Waals surface area (Å²) in [4.78, 5) is 10.3. The van der Waals surface area contributed by atoms with Gasteiger partial charge in [0.15, 0.2) is 17.2 Å². The second kappa shape index (κ2) is 13.3. The van der Waals surface area contributed by atoms with Crippen molar-refractivity contribution in [1.29, 1.82) is 0 Å². The van der Waals surface area contributed by atoms with Gasteiger partial charge in [-0.3, -0.25) is 0 Å². The van der Waals surface area contributed by atoms with Crippen LogP contribution in [-0.2, 0) is 0 Å². The molecule has 39 heavy (non-hydrogen) atoms. The highest BCUT2D eigenvalue weighted by Crippen LogP contribution is 2.58. The summed E-state index contributed by atoms with van der Waals surface area (Å²) >= 11 is 0. The summed E-state index contributed by atoms with van der Waals surface area (Å²) in [6, 6.07) is 46.2. The van der Waals surface area contributed by atoms with Gasteiger partial charge in [0.05, 0.1) is 4.52 Å². The fourth-order valence-electron chi connectivity index (χ4n) is 3.21. The smallest absolute Gasteiger partial charge is 0.410 e. The largest absolute Gasteiger partial charge is 0.680 e. The standard InChI is InChI=1S/C30H25N2O5P2/c1-6-16-26(17-7-1)33-31-39(36-29-22-12-4-13-23-29,37-30-24-14-5-15-25-30)32-38(34-27-18-8-2-9-19-27)35-28-20-10-3-11-21-28/h1-25H/q+1. The van der Waals surface area contributed by atoms with E-state index in [-0.39, 0.29) is 0 Å². The van der Waals surface area contributed by atoms with E-state index >= 15 is 0 Å². The highest BCUT2D eigenvalue weighted by Gasteiger charge is 2.39. The van der Waals surface area contributed by atoms with Gasteiger partial charge in [0.25, 0.3) is 0 Å². The van der Waals surface area contributed by atoms with Crippen molar-refractivity contribution in [2.45, 2.75) is 0 Å². The quantitative estimate of drug-likeness (QED) is 0.120. The third-order valence-electron chi connectivity index (χ3n) is 4.97. The van der Waals surface area contributed by atoms with Crippen LogP contribution in [0.3, 0.4) is 0 Å². The zero-order valence-corrected chi connectivity index (χ0v) is 22.6. The average Bonchev–Trinajstić information content (AvgIpc) is 2.99. The topological polar surface area (TPSA) is 70.9 Å². The summed E-state index contributed by atoms with van der Waals surface area (Å²) in [7, 11) is -5.65. The minimum atomic E-state index is -3.63. The molecule has 5 rings (SSSR count). The van der Waals surface area contributed by atoms with Crippen LogP contribution in [0.4, 0.5) is 0 Å². The summed E-state index contributed by atoms with van der Waals surface area (Å²) in [5.41, 5.74) is 0. The molecule has 0 fully saturated rings. The van der Waals surface area contributed by atoms with Crippen molar-refractivity contribution in [3.63, 3.8) is 0 Å². The van der Waals surface area contributed by atoms with Crippen LogP contribution < -0.4 is 22.9 Å². The van der Waals surface area contributed by atoms with Crippen LogP contribution in [0.25, 0.3) is 0 Å². The lowest BCUT2D eigenvalue weighted by Crippen LogP contribution is -2.02. The first-order chi connectivity index (χ1) is 19.3. The van der Waals surface area contributed by atoms with Crippen molar-refractivity contribution in [3.05, 3.63) is 152 Å². The summed E-state index contributed by atoms with van der Waals surface area (Å²) < 4.78 is 30.2. The molecule has 0 aliphatic carbocycles. The lowest BCUT2D eigenvalue weighted by atomic mass is 10.3. The molecule has 9 heteroatoms. The number of para-hydroxylation sites is 5. The van der Waals surface area contributed by atoms with Crippen LogP contribution in [0, 0.1) is 0 Å². The van der Waals surface area contributed by atoms with E-state index in [0.29, 0.717) is 28.7 Å². The molecule has 0 bridgehead atoms. The fraction of sp³-hybridized carbons (Fsp3) is 0. The number of hydrogen-bond acceptors (Lipinski definition) is 6. The molecule has 194 valence electrons. The monoisotopic (exact) mass is 555 g/mol. The van der Waals surface area contributed by atoms with Gasteiger partial charge >= 0.3 is 15.8 Å². The summed E-state index contributed by atoms with van der Waals surface area (Å²) in [6.07, 6.45) is 0. The van der Waals surface area contributed by atoms with E-state index < -0.39 is 15.8 Å². The summed E-state index contributed by atoms with van der Waals surface area (Å²) in [5.74, 6) is 2.65. The van der Waals surface area contributed by atoms with Gasteiger partial charge in [-0.2, -0.15) is 0 Å². The molecule has 0 aliphatic rings. The molecule has 0 saturated carbocycles. The molecule has 0 amide bonds. The van der Waals surface area contributed by atoms with Crippen molar-refractivity contribution in [2.75, 3.05) is 0 Å². The molecule has 0 unspecified atom stereocenters. The summed E-state index contributed by atoms with van der Waals surface area (Å²) in [6.45, 7) is 0. The molecule has 0 saturated heterocycles. The van der Waals surface area contributed by atoms with E-state index in [0.717, 1.165) is 0 Å². The van der Waals surface area contributed by atoms with Crippen molar-refractivity contribution in [2.24, 2.45) is 9.42 Å². The molecule has 0 heterocycles. The van der Waals surface area contributed by atoms with Crippen molar-refractivity contribution in [3.8, 4) is 28.7 Å². The molecule has 5 aromatic rings. The molecule has 0 spiro atoms. The van der Waals surface area contributed by atoms with E-state index in [1.807, 2.05) is 115 Å². The number of hydrogen-bond donors (Lipinski definition) is 0. The SMILES string of the molecule is c1ccc(ON=P(N=[P+](Oc2ccccc2)Oc2ccccc2)(Oc2ccccc2)Oc2ccccc2)cc1. The second-order valence-electron chi connectivity index (χ2n) is 7.92. The van der Waals surface area contributed by atoms with Crippen LogP contribution in [0.15, 0.2) is 161 Å². The third-order valence-corrected chi connectivity index (χ3v) is 8.37. The van der Waals surface area contributed by atoms with Crippen LogP contribution >= 0.6 is 15.8 Å². The number of benzene rings is 5. The van der Waals surface area contributed by atoms with Crippen LogP contribution in [-0.4, -0.2) is 0 Å². The lowest BCUT2D eigenvalue weighted by Gasteiger charge is -2.17. The Balaban J connectivity index is 1.65. The normalized spacial score (nSPS) is 10.6.